The summed E-state index contributed by atoms with van der Waals surface area (Å²) in [6, 6.07) is 8.69. The van der Waals surface area contributed by atoms with Gasteiger partial charge in [0.15, 0.2) is 5.13 Å². The number of thiazole rings is 1. The van der Waals surface area contributed by atoms with E-state index in [1.165, 1.54) is 11.3 Å². The van der Waals surface area contributed by atoms with Crippen molar-refractivity contribution in [3.63, 3.8) is 0 Å². The van der Waals surface area contributed by atoms with Gasteiger partial charge in [-0.2, -0.15) is 0 Å². The van der Waals surface area contributed by atoms with Crippen LogP contribution in [0.2, 0.25) is 0 Å². The molecule has 1 atom stereocenters. The molecule has 3 N–H and O–H groups in total. The van der Waals surface area contributed by atoms with Gasteiger partial charge in [0.1, 0.15) is 5.69 Å². The van der Waals surface area contributed by atoms with Gasteiger partial charge in [-0.05, 0) is 25.0 Å². The Morgan fingerprint density at radius 3 is 2.83 bits per heavy atom. The predicted octanol–water partition coefficient (Wildman–Crippen LogP) is 2.70. The van der Waals surface area contributed by atoms with Crippen LogP contribution in [0.4, 0.5) is 15.6 Å². The molecule has 0 aliphatic carbocycles. The fourth-order valence-corrected chi connectivity index (χ4v) is 3.00. The maximum atomic E-state index is 12.0. The molecule has 3 rings (SSSR count). The molecule has 24 heavy (non-hydrogen) atoms. The van der Waals surface area contributed by atoms with Crippen molar-refractivity contribution in [2.75, 3.05) is 23.8 Å². The molecule has 7 nitrogen and oxygen atoms in total. The first-order valence-electron chi connectivity index (χ1n) is 7.69. The van der Waals surface area contributed by atoms with Crippen molar-refractivity contribution in [3.05, 3.63) is 41.4 Å². The van der Waals surface area contributed by atoms with Crippen LogP contribution < -0.4 is 16.0 Å². The Kier molecular flexibility index (Phi) is 5.39. The number of carbonyl (C=O) groups is 2. The van der Waals surface area contributed by atoms with Crippen molar-refractivity contribution in [1.82, 2.24) is 10.3 Å². The van der Waals surface area contributed by atoms with Crippen LogP contribution in [0.15, 0.2) is 35.7 Å². The minimum Gasteiger partial charge on any atom is -0.376 e. The highest BCUT2D eigenvalue weighted by atomic mass is 32.1. The number of carbonyl (C=O) groups excluding carboxylic acids is 2. The van der Waals surface area contributed by atoms with Crippen LogP contribution in [0.1, 0.15) is 23.3 Å². The van der Waals surface area contributed by atoms with E-state index in [1.54, 1.807) is 17.5 Å². The molecule has 1 saturated heterocycles. The standard InChI is InChI=1S/C16H18N4O3S/c21-14(17-9-12-7-4-8-23-12)13-10-24-16(19-13)20-15(22)18-11-5-2-1-3-6-11/h1-3,5-6,10,12H,4,7-9H2,(H,17,21)(H2,18,19,20,22)/t12-/m1/s1. The lowest BCUT2D eigenvalue weighted by molar-refractivity contribution is 0.0854. The van der Waals surface area contributed by atoms with Gasteiger partial charge in [-0.1, -0.05) is 18.2 Å². The van der Waals surface area contributed by atoms with Crippen LogP contribution in [0.3, 0.4) is 0 Å². The first-order chi connectivity index (χ1) is 11.7. The fourth-order valence-electron chi connectivity index (χ4n) is 2.32. The Morgan fingerprint density at radius 1 is 1.25 bits per heavy atom. The maximum absolute atomic E-state index is 12.0. The van der Waals surface area contributed by atoms with E-state index in [2.05, 4.69) is 20.9 Å². The molecule has 8 heteroatoms. The summed E-state index contributed by atoms with van der Waals surface area (Å²) in [4.78, 5) is 28.1. The number of urea groups is 1. The lowest BCUT2D eigenvalue weighted by Gasteiger charge is -2.09. The van der Waals surface area contributed by atoms with Crippen molar-refractivity contribution >= 4 is 34.1 Å². The summed E-state index contributed by atoms with van der Waals surface area (Å²) >= 11 is 1.20. The largest absolute Gasteiger partial charge is 0.376 e. The molecule has 1 aromatic carbocycles. The van der Waals surface area contributed by atoms with Crippen LogP contribution in [-0.2, 0) is 4.74 Å². The summed E-state index contributed by atoms with van der Waals surface area (Å²) in [5.41, 5.74) is 0.967. The average molecular weight is 346 g/mol. The molecule has 0 saturated carbocycles. The van der Waals surface area contributed by atoms with Gasteiger partial charge < -0.3 is 15.4 Å². The number of ether oxygens (including phenoxy) is 1. The number of aromatic nitrogens is 1. The van der Waals surface area contributed by atoms with Crippen LogP contribution >= 0.6 is 11.3 Å². The van der Waals surface area contributed by atoms with Crippen LogP contribution in [0, 0.1) is 0 Å². The van der Waals surface area contributed by atoms with E-state index in [-0.39, 0.29) is 17.7 Å². The monoisotopic (exact) mass is 346 g/mol. The van der Waals surface area contributed by atoms with Gasteiger partial charge in [0, 0.05) is 24.2 Å². The molecular formula is C16H18N4O3S. The zero-order chi connectivity index (χ0) is 16.8. The molecule has 1 aliphatic heterocycles. The second-order valence-electron chi connectivity index (χ2n) is 5.33. The second kappa shape index (κ2) is 7.89. The molecule has 1 aromatic heterocycles. The molecule has 1 aliphatic rings. The SMILES string of the molecule is O=C(Nc1ccccc1)Nc1nc(C(=O)NC[C@H]2CCCO2)cs1. The van der Waals surface area contributed by atoms with Gasteiger partial charge in [0.25, 0.3) is 5.91 Å². The molecule has 0 bridgehead atoms. The van der Waals surface area contributed by atoms with E-state index in [0.717, 1.165) is 19.4 Å². The smallest absolute Gasteiger partial charge is 0.325 e. The lowest BCUT2D eigenvalue weighted by Crippen LogP contribution is -2.32. The maximum Gasteiger partial charge on any atom is 0.325 e. The number of amides is 3. The molecule has 1 fully saturated rings. The third-order valence-electron chi connectivity index (χ3n) is 3.50. The van der Waals surface area contributed by atoms with Crippen LogP contribution in [0.25, 0.3) is 0 Å². The van der Waals surface area contributed by atoms with E-state index in [1.807, 2.05) is 18.2 Å². The normalized spacial score (nSPS) is 16.6. The molecule has 2 aromatic rings. The Balaban J connectivity index is 1.49. The summed E-state index contributed by atoms with van der Waals surface area (Å²) in [6.07, 6.45) is 2.08. The highest BCUT2D eigenvalue weighted by molar-refractivity contribution is 7.14. The third kappa shape index (κ3) is 4.53. The Hall–Kier alpha value is -2.45. The van der Waals surface area contributed by atoms with Crippen LogP contribution in [-0.4, -0.2) is 36.2 Å². The van der Waals surface area contributed by atoms with Crippen molar-refractivity contribution in [3.8, 4) is 0 Å². The number of hydrogen-bond donors (Lipinski definition) is 3. The van der Waals surface area contributed by atoms with Gasteiger partial charge >= 0.3 is 6.03 Å². The van der Waals surface area contributed by atoms with E-state index in [0.29, 0.717) is 17.4 Å². The van der Waals surface area contributed by atoms with Crippen molar-refractivity contribution < 1.29 is 14.3 Å². The molecule has 0 unspecified atom stereocenters. The molecule has 2 heterocycles. The fraction of sp³-hybridized carbons (Fsp3) is 0.312. The average Bonchev–Trinajstić information content (AvgIpc) is 3.25. The summed E-state index contributed by atoms with van der Waals surface area (Å²) < 4.78 is 5.46. The first-order valence-corrected chi connectivity index (χ1v) is 8.57. The number of rotatable bonds is 5. The molecular weight excluding hydrogens is 328 g/mol. The Morgan fingerprint density at radius 2 is 2.08 bits per heavy atom. The number of nitrogens with zero attached hydrogens (tertiary/aromatic N) is 1. The van der Waals surface area contributed by atoms with Gasteiger partial charge in [0.2, 0.25) is 0 Å². The van der Waals surface area contributed by atoms with Gasteiger partial charge in [-0.25, -0.2) is 9.78 Å². The first kappa shape index (κ1) is 16.4. The zero-order valence-electron chi connectivity index (χ0n) is 13.0. The molecule has 0 radical (unpaired) electrons. The number of para-hydroxylation sites is 1. The third-order valence-corrected chi connectivity index (χ3v) is 4.26. The van der Waals surface area contributed by atoms with Crippen molar-refractivity contribution in [2.45, 2.75) is 18.9 Å². The summed E-state index contributed by atoms with van der Waals surface area (Å²) in [5, 5.41) is 10.1. The van der Waals surface area contributed by atoms with Crippen LogP contribution in [0.5, 0.6) is 0 Å². The van der Waals surface area contributed by atoms with Gasteiger partial charge in [0.05, 0.1) is 6.10 Å². The highest BCUT2D eigenvalue weighted by Gasteiger charge is 2.18. The number of anilines is 2. The van der Waals surface area contributed by atoms with E-state index >= 15 is 0 Å². The summed E-state index contributed by atoms with van der Waals surface area (Å²) in [6.45, 7) is 1.23. The minimum absolute atomic E-state index is 0.0850. The predicted molar refractivity (Wildman–Crippen MR) is 92.5 cm³/mol. The quantitative estimate of drug-likeness (QED) is 0.776. The van der Waals surface area contributed by atoms with Crippen molar-refractivity contribution in [1.29, 1.82) is 0 Å². The highest BCUT2D eigenvalue weighted by Crippen LogP contribution is 2.16. The van der Waals surface area contributed by atoms with E-state index < -0.39 is 6.03 Å². The van der Waals surface area contributed by atoms with E-state index in [4.69, 9.17) is 4.74 Å². The Bertz CT molecular complexity index is 698. The van der Waals surface area contributed by atoms with E-state index in [9.17, 15) is 9.59 Å². The molecule has 126 valence electrons. The molecule has 3 amide bonds. The van der Waals surface area contributed by atoms with Crippen molar-refractivity contribution in [2.24, 2.45) is 0 Å². The van der Waals surface area contributed by atoms with Gasteiger partial charge in [-0.3, -0.25) is 10.1 Å². The summed E-state index contributed by atoms with van der Waals surface area (Å²) in [7, 11) is 0. The lowest BCUT2D eigenvalue weighted by atomic mass is 10.2. The second-order valence-corrected chi connectivity index (χ2v) is 6.19. The minimum atomic E-state index is -0.401. The number of benzene rings is 1. The number of nitrogens with one attached hydrogen (secondary N) is 3. The van der Waals surface area contributed by atoms with Gasteiger partial charge in [-0.15, -0.1) is 11.3 Å². The summed E-state index contributed by atoms with van der Waals surface area (Å²) in [5.74, 6) is -0.265. The zero-order valence-corrected chi connectivity index (χ0v) is 13.8. The molecule has 0 spiro atoms. The Labute approximate surface area is 143 Å². The number of hydrogen-bond acceptors (Lipinski definition) is 5. The topological polar surface area (TPSA) is 92.4 Å².